The summed E-state index contributed by atoms with van der Waals surface area (Å²) in [5.41, 5.74) is 23.9. The van der Waals surface area contributed by atoms with Gasteiger partial charge in [0.25, 0.3) is 0 Å². The van der Waals surface area contributed by atoms with E-state index < -0.39 is 169 Å². The number of carbonyl (C=O) groups excluding carboxylic acids is 10. The number of benzene rings is 1. The first kappa shape index (κ1) is 72.8. The van der Waals surface area contributed by atoms with E-state index in [1.54, 1.807) is 65.1 Å². The van der Waals surface area contributed by atoms with Gasteiger partial charge in [-0.2, -0.15) is 0 Å². The number of guanidine groups is 1. The van der Waals surface area contributed by atoms with Crippen LogP contribution >= 0.6 is 0 Å². The molecule has 3 rings (SSSR count). The number of nitrogens with two attached hydrogens (primary N) is 4. The number of aromatic amines is 1. The van der Waals surface area contributed by atoms with Crippen LogP contribution in [0.5, 0.6) is 0 Å². The van der Waals surface area contributed by atoms with Crippen LogP contribution in [-0.2, 0) is 64.0 Å². The maximum absolute atomic E-state index is 14.7. The lowest BCUT2D eigenvalue weighted by Crippen LogP contribution is -2.62. The normalized spacial score (nSPS) is 17.3. The SMILES string of the molecule is CC[C@H](C)[C@H](NC(=O)[C@@H](N)C(C)C)C(=O)N1CCC[C@H]1C(=O)N[C@@H](Cc1c[nH]c2ccccc12)C(=O)N[C@@H](CC(N)=O)C(=O)N[C@@H](CC(C)C)C(=O)N[C@@H](CCC(=O)O)C(=O)N[C@@H](CCCN=C(N)N)C(=O)N[C@H](C(=O)N[C@H](C(=O)O)[C@@H](C)O)[C@@H](C)O. The van der Waals surface area contributed by atoms with E-state index >= 15 is 0 Å². The minimum absolute atomic E-state index is 0.0191. The highest BCUT2D eigenvalue weighted by atomic mass is 16.4. The summed E-state index contributed by atoms with van der Waals surface area (Å²) in [6.07, 6.45) is -3.48. The maximum Gasteiger partial charge on any atom is 0.328 e. The smallest absolute Gasteiger partial charge is 0.328 e. The number of amides is 10. The van der Waals surface area contributed by atoms with Crippen LogP contribution < -0.4 is 65.5 Å². The molecule has 0 radical (unpaired) electrons. The van der Waals surface area contributed by atoms with Crippen LogP contribution in [0, 0.1) is 17.8 Å². The fraction of sp³-hybridized carbons (Fsp3) is 0.625. The molecule has 31 nitrogen and oxygen atoms in total. The monoisotopic (exact) mass is 1230 g/mol. The van der Waals surface area contributed by atoms with Crippen molar-refractivity contribution in [2.75, 3.05) is 13.1 Å². The number of carbonyl (C=O) groups is 12. The summed E-state index contributed by atoms with van der Waals surface area (Å²) >= 11 is 0. The molecule has 21 N–H and O–H groups in total. The lowest BCUT2D eigenvalue weighted by molar-refractivity contribution is -0.146. The Bertz CT molecular complexity index is 2780. The molecule has 1 aliphatic heterocycles. The van der Waals surface area contributed by atoms with Crippen LogP contribution in [0.2, 0.25) is 0 Å². The van der Waals surface area contributed by atoms with Crippen molar-refractivity contribution < 1.29 is 78.0 Å². The number of para-hydroxylation sites is 1. The third-order valence-corrected chi connectivity index (χ3v) is 14.7. The van der Waals surface area contributed by atoms with E-state index in [2.05, 4.69) is 47.2 Å². The minimum atomic E-state index is -1.87. The average molecular weight is 1230 g/mol. The van der Waals surface area contributed by atoms with Gasteiger partial charge < -0.3 is 95.8 Å². The number of carboxylic acid groups (broad SMARTS) is 2. The molecule has 2 aromatic rings. The second kappa shape index (κ2) is 34.6. The molecule has 31 heteroatoms. The standard InChI is InChI=1S/C56H89N15O16/c1-9-28(6)43(68-52(83)42(58)27(4)5)54(85)71-21-13-17-39(71)51(82)67-37(23-31-25-62-33-15-11-10-14-32(31)33)49(80)66-38(24-40(57)74)50(81)65-36(22-26(2)3)48(79)64-35(18-19-41(75)76)46(77)63-34(16-12-20-61-56(59)60)47(78)69-44(29(7)72)53(84)70-45(30(8)73)55(86)87/h10-11,14-15,25-30,34-39,42-45,62,72-73H,9,12-13,16-24,58H2,1-8H3,(H2,57,74)(H,63,77)(H,64,79)(H,65,81)(H,66,80)(H,67,82)(H,68,83)(H,69,78)(H,70,84)(H,75,76)(H,86,87)(H4,59,60,61)/t28-,29+,30+,34-,35-,36-,37-,38-,39-,42-,43-,44-,45-/m0/s1. The first-order chi connectivity index (χ1) is 40.8. The van der Waals surface area contributed by atoms with Gasteiger partial charge in [-0.1, -0.05) is 66.2 Å². The fourth-order valence-corrected chi connectivity index (χ4v) is 9.52. The number of aromatic nitrogens is 1. The molecule has 10 amide bonds. The lowest BCUT2D eigenvalue weighted by atomic mass is 9.96. The van der Waals surface area contributed by atoms with Crippen molar-refractivity contribution >= 4 is 87.9 Å². The Morgan fingerprint density at radius 2 is 1.21 bits per heavy atom. The first-order valence-electron chi connectivity index (χ1n) is 29.0. The van der Waals surface area contributed by atoms with E-state index in [4.69, 9.17) is 22.9 Å². The van der Waals surface area contributed by atoms with Crippen LogP contribution in [-0.4, -0.2) is 193 Å². The first-order valence-corrected chi connectivity index (χ1v) is 29.0. The molecule has 0 bridgehead atoms. The summed E-state index contributed by atoms with van der Waals surface area (Å²) < 4.78 is 0. The van der Waals surface area contributed by atoms with E-state index in [0.717, 1.165) is 13.8 Å². The average Bonchev–Trinajstić information content (AvgIpc) is 2.30. The van der Waals surface area contributed by atoms with Gasteiger partial charge in [0.1, 0.15) is 48.3 Å². The lowest BCUT2D eigenvalue weighted by Gasteiger charge is -2.33. The van der Waals surface area contributed by atoms with Crippen LogP contribution in [0.4, 0.5) is 0 Å². The molecule has 0 spiro atoms. The molecular weight excluding hydrogens is 1140 g/mol. The van der Waals surface area contributed by atoms with Gasteiger partial charge >= 0.3 is 11.9 Å². The molecule has 2 heterocycles. The zero-order chi connectivity index (χ0) is 65.6. The third-order valence-electron chi connectivity index (χ3n) is 14.7. The number of hydrogen-bond acceptors (Lipinski definition) is 16. The minimum Gasteiger partial charge on any atom is -0.481 e. The Kier molecular flexibility index (Phi) is 29.0. The molecule has 0 aliphatic carbocycles. The zero-order valence-electron chi connectivity index (χ0n) is 50.4. The van der Waals surface area contributed by atoms with Crippen molar-refractivity contribution in [3.8, 4) is 0 Å². The number of carboxylic acids is 2. The molecule has 1 aromatic carbocycles. The highest BCUT2D eigenvalue weighted by molar-refractivity contribution is 6.00. The van der Waals surface area contributed by atoms with Crippen molar-refractivity contribution in [1.82, 2.24) is 52.4 Å². The number of nitrogens with one attached hydrogen (secondary N) is 9. The highest BCUT2D eigenvalue weighted by Gasteiger charge is 2.42. The predicted octanol–water partition coefficient (Wildman–Crippen LogP) is -3.70. The molecule has 1 aromatic heterocycles. The van der Waals surface area contributed by atoms with Crippen molar-refractivity contribution in [2.45, 2.75) is 192 Å². The Hall–Kier alpha value is -8.45. The van der Waals surface area contributed by atoms with Gasteiger partial charge in [0.15, 0.2) is 12.0 Å². The molecule has 1 fully saturated rings. The number of aliphatic imine (C=N–C) groups is 1. The highest BCUT2D eigenvalue weighted by Crippen LogP contribution is 2.24. The van der Waals surface area contributed by atoms with Gasteiger partial charge in [0.05, 0.1) is 24.7 Å². The fourth-order valence-electron chi connectivity index (χ4n) is 9.52. The number of primary amides is 1. The second-order valence-corrected chi connectivity index (χ2v) is 22.7. The summed E-state index contributed by atoms with van der Waals surface area (Å²) in [4.78, 5) is 171. The summed E-state index contributed by atoms with van der Waals surface area (Å²) in [5.74, 6) is -14.0. The number of fused-ring (bicyclic) bond motifs is 1. The van der Waals surface area contributed by atoms with Gasteiger partial charge in [-0.15, -0.1) is 0 Å². The van der Waals surface area contributed by atoms with Crippen molar-refractivity contribution in [2.24, 2.45) is 45.7 Å². The molecule has 484 valence electrons. The van der Waals surface area contributed by atoms with Crippen molar-refractivity contribution in [3.63, 3.8) is 0 Å². The van der Waals surface area contributed by atoms with E-state index in [1.165, 1.54) is 4.90 Å². The molecule has 0 unspecified atom stereocenters. The van der Waals surface area contributed by atoms with Crippen molar-refractivity contribution in [3.05, 3.63) is 36.0 Å². The number of aliphatic carboxylic acids is 2. The second-order valence-electron chi connectivity index (χ2n) is 22.7. The number of aliphatic hydroxyl groups is 2. The van der Waals surface area contributed by atoms with E-state index in [1.807, 2.05) is 12.2 Å². The van der Waals surface area contributed by atoms with E-state index in [9.17, 15) is 78.0 Å². The molecule has 87 heavy (non-hydrogen) atoms. The molecule has 1 aliphatic rings. The predicted molar refractivity (Wildman–Crippen MR) is 315 cm³/mol. The molecule has 13 atom stereocenters. The Balaban J connectivity index is 1.99. The van der Waals surface area contributed by atoms with Crippen molar-refractivity contribution in [1.29, 1.82) is 0 Å². The summed E-state index contributed by atoms with van der Waals surface area (Å²) in [7, 11) is 0. The largest absolute Gasteiger partial charge is 0.481 e. The van der Waals surface area contributed by atoms with Crippen LogP contribution in [0.3, 0.4) is 0 Å². The Morgan fingerprint density at radius 1 is 0.667 bits per heavy atom. The van der Waals surface area contributed by atoms with Gasteiger partial charge in [0, 0.05) is 43.0 Å². The number of hydrogen-bond donors (Lipinski definition) is 17. The molecule has 0 saturated carbocycles. The summed E-state index contributed by atoms with van der Waals surface area (Å²) in [6.45, 7) is 12.7. The quantitative estimate of drug-likeness (QED) is 0.0177. The van der Waals surface area contributed by atoms with Crippen LogP contribution in [0.15, 0.2) is 35.5 Å². The topological polar surface area (TPSA) is 517 Å². The Labute approximate surface area is 503 Å². The molecule has 1 saturated heterocycles. The number of likely N-dealkylation sites (tertiary alicyclic amines) is 1. The number of H-pyrrole nitrogens is 1. The van der Waals surface area contributed by atoms with Crippen LogP contribution in [0.25, 0.3) is 10.9 Å². The van der Waals surface area contributed by atoms with Crippen LogP contribution in [0.1, 0.15) is 119 Å². The van der Waals surface area contributed by atoms with Gasteiger partial charge in [-0.3, -0.25) is 57.7 Å². The third kappa shape index (κ3) is 22.7. The van der Waals surface area contributed by atoms with E-state index in [0.29, 0.717) is 29.3 Å². The molecular formula is C56H89N15O16. The number of rotatable bonds is 36. The van der Waals surface area contributed by atoms with E-state index in [-0.39, 0.29) is 63.0 Å². The van der Waals surface area contributed by atoms with Gasteiger partial charge in [-0.05, 0) is 81.8 Å². The summed E-state index contributed by atoms with van der Waals surface area (Å²) in [6, 6.07) is -8.02. The number of nitrogens with zero attached hydrogens (tertiary/aromatic N) is 2. The zero-order valence-corrected chi connectivity index (χ0v) is 50.4. The number of aliphatic hydroxyl groups excluding tert-OH is 2. The van der Waals surface area contributed by atoms with Gasteiger partial charge in [-0.25, -0.2) is 4.79 Å². The van der Waals surface area contributed by atoms with Gasteiger partial charge in [0.2, 0.25) is 59.1 Å². The Morgan fingerprint density at radius 3 is 1.77 bits per heavy atom. The maximum atomic E-state index is 14.7. The summed E-state index contributed by atoms with van der Waals surface area (Å²) in [5, 5.41) is 59.9.